The SMILES string of the molecule is COc1cccc(N2CCN(C(=O)[C@H](C)Oc3ccccc3)CC2=O)c1. The molecule has 0 spiro atoms. The Labute approximate surface area is 152 Å². The van der Waals surface area contributed by atoms with Gasteiger partial charge < -0.3 is 19.3 Å². The highest BCUT2D eigenvalue weighted by Gasteiger charge is 2.31. The van der Waals surface area contributed by atoms with Crippen LogP contribution >= 0.6 is 0 Å². The third-order valence-corrected chi connectivity index (χ3v) is 4.30. The third-order valence-electron chi connectivity index (χ3n) is 4.30. The third kappa shape index (κ3) is 3.96. The van der Waals surface area contributed by atoms with Crippen molar-refractivity contribution in [1.82, 2.24) is 4.90 Å². The van der Waals surface area contributed by atoms with Crippen molar-refractivity contribution in [2.45, 2.75) is 13.0 Å². The van der Waals surface area contributed by atoms with Crippen LogP contribution in [0.1, 0.15) is 6.92 Å². The summed E-state index contributed by atoms with van der Waals surface area (Å²) in [6.45, 7) is 2.65. The second-order valence-corrected chi connectivity index (χ2v) is 6.08. The van der Waals surface area contributed by atoms with Gasteiger partial charge in [0.05, 0.1) is 7.11 Å². The molecule has 6 heteroatoms. The van der Waals surface area contributed by atoms with Gasteiger partial charge in [-0.15, -0.1) is 0 Å². The zero-order valence-electron chi connectivity index (χ0n) is 14.9. The Morgan fingerprint density at radius 3 is 2.46 bits per heavy atom. The van der Waals surface area contributed by atoms with Crippen molar-refractivity contribution in [3.05, 3.63) is 54.6 Å². The van der Waals surface area contributed by atoms with Crippen LogP contribution in [0.3, 0.4) is 0 Å². The van der Waals surface area contributed by atoms with Crippen LogP contribution in [-0.2, 0) is 9.59 Å². The molecular formula is C20H22N2O4. The summed E-state index contributed by atoms with van der Waals surface area (Å²) < 4.78 is 10.9. The van der Waals surface area contributed by atoms with Gasteiger partial charge in [-0.1, -0.05) is 24.3 Å². The maximum Gasteiger partial charge on any atom is 0.263 e. The smallest absolute Gasteiger partial charge is 0.263 e. The minimum absolute atomic E-state index is 0.0402. The predicted octanol–water partition coefficient (Wildman–Crippen LogP) is 2.34. The predicted molar refractivity (Wildman–Crippen MR) is 98.5 cm³/mol. The summed E-state index contributed by atoms with van der Waals surface area (Å²) in [5.74, 6) is 1.02. The standard InChI is InChI=1S/C20H22N2O4/c1-15(26-17-8-4-3-5-9-17)20(24)21-11-12-22(19(23)14-21)16-7-6-10-18(13-16)25-2/h3-10,13,15H,11-12,14H2,1-2H3/t15-/m0/s1. The zero-order valence-corrected chi connectivity index (χ0v) is 14.9. The molecule has 0 N–H and O–H groups in total. The number of nitrogens with zero attached hydrogens (tertiary/aromatic N) is 2. The molecule has 0 radical (unpaired) electrons. The average Bonchev–Trinajstić information content (AvgIpc) is 2.68. The number of carbonyl (C=O) groups is 2. The fourth-order valence-corrected chi connectivity index (χ4v) is 2.92. The van der Waals surface area contributed by atoms with Crippen molar-refractivity contribution in [1.29, 1.82) is 0 Å². The van der Waals surface area contributed by atoms with Crippen LogP contribution < -0.4 is 14.4 Å². The first-order valence-electron chi connectivity index (χ1n) is 8.53. The van der Waals surface area contributed by atoms with Crippen molar-refractivity contribution in [2.75, 3.05) is 31.6 Å². The Hall–Kier alpha value is -3.02. The summed E-state index contributed by atoms with van der Waals surface area (Å²) in [5, 5.41) is 0. The Balaban J connectivity index is 1.62. The number of methoxy groups -OCH3 is 1. The molecule has 1 fully saturated rings. The van der Waals surface area contributed by atoms with Gasteiger partial charge in [0.1, 0.15) is 18.0 Å². The van der Waals surface area contributed by atoms with Crippen molar-refractivity contribution in [3.8, 4) is 11.5 Å². The minimum atomic E-state index is -0.645. The number of anilines is 1. The molecule has 2 aromatic carbocycles. The monoisotopic (exact) mass is 354 g/mol. The molecule has 1 aliphatic heterocycles. The molecule has 1 saturated heterocycles. The van der Waals surface area contributed by atoms with Crippen LogP contribution in [0.25, 0.3) is 0 Å². The number of hydrogen-bond donors (Lipinski definition) is 0. The summed E-state index contributed by atoms with van der Waals surface area (Å²) >= 11 is 0. The number of amides is 2. The molecule has 0 aromatic heterocycles. The number of para-hydroxylation sites is 1. The van der Waals surface area contributed by atoms with Crippen molar-refractivity contribution in [3.63, 3.8) is 0 Å². The van der Waals surface area contributed by atoms with E-state index in [9.17, 15) is 9.59 Å². The van der Waals surface area contributed by atoms with Gasteiger partial charge in [0, 0.05) is 24.8 Å². The van der Waals surface area contributed by atoms with Crippen molar-refractivity contribution >= 4 is 17.5 Å². The van der Waals surface area contributed by atoms with Gasteiger partial charge in [-0.3, -0.25) is 9.59 Å². The number of hydrogen-bond acceptors (Lipinski definition) is 4. The Bertz CT molecular complexity index is 778. The average molecular weight is 354 g/mol. The molecule has 3 rings (SSSR count). The van der Waals surface area contributed by atoms with Crippen LogP contribution in [-0.4, -0.2) is 49.6 Å². The number of carbonyl (C=O) groups excluding carboxylic acids is 2. The highest BCUT2D eigenvalue weighted by molar-refractivity contribution is 5.98. The van der Waals surface area contributed by atoms with E-state index in [0.29, 0.717) is 24.6 Å². The van der Waals surface area contributed by atoms with Gasteiger partial charge in [0.2, 0.25) is 5.91 Å². The fourth-order valence-electron chi connectivity index (χ4n) is 2.92. The molecule has 2 aromatic rings. The second-order valence-electron chi connectivity index (χ2n) is 6.08. The molecule has 1 heterocycles. The summed E-state index contributed by atoms with van der Waals surface area (Å²) in [6.07, 6.45) is -0.645. The summed E-state index contributed by atoms with van der Waals surface area (Å²) in [7, 11) is 1.59. The first-order chi connectivity index (χ1) is 12.6. The van der Waals surface area contributed by atoms with Gasteiger partial charge in [0.25, 0.3) is 5.91 Å². The van der Waals surface area contributed by atoms with Crippen LogP contribution in [0.5, 0.6) is 11.5 Å². The topological polar surface area (TPSA) is 59.1 Å². The molecule has 0 unspecified atom stereocenters. The van der Waals surface area contributed by atoms with E-state index in [1.165, 1.54) is 0 Å². The maximum absolute atomic E-state index is 12.6. The first-order valence-corrected chi connectivity index (χ1v) is 8.53. The van der Waals surface area contributed by atoms with E-state index in [0.717, 1.165) is 5.69 Å². The zero-order chi connectivity index (χ0) is 18.5. The Morgan fingerprint density at radius 2 is 1.77 bits per heavy atom. The molecule has 1 atom stereocenters. The first kappa shape index (κ1) is 17.8. The molecular weight excluding hydrogens is 332 g/mol. The maximum atomic E-state index is 12.6. The number of benzene rings is 2. The van der Waals surface area contributed by atoms with Gasteiger partial charge in [0.15, 0.2) is 6.10 Å². The molecule has 136 valence electrons. The molecule has 0 saturated carbocycles. The van der Waals surface area contributed by atoms with Gasteiger partial charge in [-0.2, -0.15) is 0 Å². The Kier molecular flexibility index (Phi) is 5.41. The van der Waals surface area contributed by atoms with Gasteiger partial charge in [-0.05, 0) is 31.2 Å². The quantitative estimate of drug-likeness (QED) is 0.827. The lowest BCUT2D eigenvalue weighted by atomic mass is 10.2. The summed E-state index contributed by atoms with van der Waals surface area (Å²) in [5.41, 5.74) is 0.773. The van der Waals surface area contributed by atoms with Gasteiger partial charge >= 0.3 is 0 Å². The van der Waals surface area contributed by atoms with Crippen LogP contribution in [0.2, 0.25) is 0 Å². The van der Waals surface area contributed by atoms with E-state index in [2.05, 4.69) is 0 Å². The van der Waals surface area contributed by atoms with E-state index in [1.807, 2.05) is 42.5 Å². The van der Waals surface area contributed by atoms with E-state index in [4.69, 9.17) is 9.47 Å². The van der Waals surface area contributed by atoms with Crippen LogP contribution in [0.4, 0.5) is 5.69 Å². The molecule has 2 amide bonds. The number of piperazine rings is 1. The van der Waals surface area contributed by atoms with Crippen LogP contribution in [0.15, 0.2) is 54.6 Å². The molecule has 0 aliphatic carbocycles. The van der Waals surface area contributed by atoms with E-state index >= 15 is 0 Å². The lowest BCUT2D eigenvalue weighted by Gasteiger charge is -2.35. The lowest BCUT2D eigenvalue weighted by molar-refractivity contribution is -0.142. The number of ether oxygens (including phenoxy) is 2. The second kappa shape index (κ2) is 7.91. The summed E-state index contributed by atoms with van der Waals surface area (Å²) in [4.78, 5) is 28.4. The molecule has 6 nitrogen and oxygen atoms in total. The van der Waals surface area contributed by atoms with Crippen LogP contribution in [0, 0.1) is 0 Å². The Morgan fingerprint density at radius 1 is 1.04 bits per heavy atom. The van der Waals surface area contributed by atoms with E-state index in [-0.39, 0.29) is 18.4 Å². The van der Waals surface area contributed by atoms with Crippen molar-refractivity contribution < 1.29 is 19.1 Å². The molecule has 26 heavy (non-hydrogen) atoms. The van der Waals surface area contributed by atoms with E-state index < -0.39 is 6.10 Å². The minimum Gasteiger partial charge on any atom is -0.497 e. The highest BCUT2D eigenvalue weighted by atomic mass is 16.5. The summed E-state index contributed by atoms with van der Waals surface area (Å²) in [6, 6.07) is 16.5. The molecule has 1 aliphatic rings. The normalized spacial score (nSPS) is 15.5. The fraction of sp³-hybridized carbons (Fsp3) is 0.300. The lowest BCUT2D eigenvalue weighted by Crippen LogP contribution is -2.54. The largest absolute Gasteiger partial charge is 0.497 e. The van der Waals surface area contributed by atoms with Gasteiger partial charge in [-0.25, -0.2) is 0 Å². The van der Waals surface area contributed by atoms with Crippen molar-refractivity contribution in [2.24, 2.45) is 0 Å². The van der Waals surface area contributed by atoms with E-state index in [1.54, 1.807) is 36.0 Å². The number of rotatable bonds is 5. The molecule has 0 bridgehead atoms. The highest BCUT2D eigenvalue weighted by Crippen LogP contribution is 2.23.